The highest BCUT2D eigenvalue weighted by molar-refractivity contribution is 6.30. The Hall–Kier alpha value is -2.60. The monoisotopic (exact) mass is 360 g/mol. The van der Waals surface area contributed by atoms with E-state index in [-0.39, 0.29) is 11.4 Å². The van der Waals surface area contributed by atoms with Crippen LogP contribution in [0.5, 0.6) is 5.75 Å². The second kappa shape index (κ2) is 6.37. The van der Waals surface area contributed by atoms with Crippen LogP contribution in [0.2, 0.25) is 5.02 Å². The number of carbonyl (C=O) groups is 2. The molecule has 1 aromatic heterocycles. The maximum atomic E-state index is 12.4. The molecule has 1 amide bonds. The summed E-state index contributed by atoms with van der Waals surface area (Å²) in [4.78, 5) is 27.8. The van der Waals surface area contributed by atoms with Crippen LogP contribution in [-0.4, -0.2) is 32.6 Å². The molecule has 0 bridgehead atoms. The number of pyridine rings is 1. The van der Waals surface area contributed by atoms with Gasteiger partial charge in [0.25, 0.3) is 5.91 Å². The van der Waals surface area contributed by atoms with Crippen molar-refractivity contribution in [3.8, 4) is 16.9 Å². The van der Waals surface area contributed by atoms with E-state index in [0.29, 0.717) is 29.0 Å². The lowest BCUT2D eigenvalue weighted by molar-refractivity contribution is -0.148. The largest absolute Gasteiger partial charge is 0.505 e. The summed E-state index contributed by atoms with van der Waals surface area (Å²) in [5.74, 6) is -2.03. The number of aromatic nitrogens is 1. The summed E-state index contributed by atoms with van der Waals surface area (Å²) in [5, 5.41) is 22.8. The van der Waals surface area contributed by atoms with E-state index in [0.717, 1.165) is 12.0 Å². The highest BCUT2D eigenvalue weighted by Gasteiger charge is 2.46. The Morgan fingerprint density at radius 3 is 2.60 bits per heavy atom. The third-order valence-corrected chi connectivity index (χ3v) is 4.86. The molecule has 25 heavy (non-hydrogen) atoms. The van der Waals surface area contributed by atoms with Crippen molar-refractivity contribution in [2.45, 2.75) is 31.7 Å². The van der Waals surface area contributed by atoms with E-state index in [4.69, 9.17) is 11.6 Å². The number of carboxylic acid groups (broad SMARTS) is 1. The van der Waals surface area contributed by atoms with Gasteiger partial charge in [0.2, 0.25) is 0 Å². The third-order valence-electron chi connectivity index (χ3n) is 4.63. The highest BCUT2D eigenvalue weighted by atomic mass is 35.5. The van der Waals surface area contributed by atoms with Crippen molar-refractivity contribution in [3.63, 3.8) is 0 Å². The molecule has 1 aliphatic rings. The van der Waals surface area contributed by atoms with E-state index in [1.807, 2.05) is 6.07 Å². The van der Waals surface area contributed by atoms with Gasteiger partial charge in [-0.15, -0.1) is 0 Å². The van der Waals surface area contributed by atoms with Gasteiger partial charge in [-0.3, -0.25) is 4.79 Å². The van der Waals surface area contributed by atoms with E-state index in [1.54, 1.807) is 25.1 Å². The zero-order valence-corrected chi connectivity index (χ0v) is 14.3. The first-order chi connectivity index (χ1) is 11.8. The Bertz CT molecular complexity index is 862. The molecular formula is C18H17ClN2O4. The SMILES string of the molecule is Cc1c(-c2cccc(Cl)c2)cnc(C(=O)NC2(C(=O)O)CCC2)c1O. The zero-order chi connectivity index (χ0) is 18.2. The maximum Gasteiger partial charge on any atom is 0.329 e. The minimum Gasteiger partial charge on any atom is -0.505 e. The van der Waals surface area contributed by atoms with E-state index >= 15 is 0 Å². The van der Waals surface area contributed by atoms with Gasteiger partial charge < -0.3 is 15.5 Å². The van der Waals surface area contributed by atoms with Crippen LogP contribution in [0.1, 0.15) is 35.3 Å². The van der Waals surface area contributed by atoms with Gasteiger partial charge in [-0.25, -0.2) is 9.78 Å². The van der Waals surface area contributed by atoms with Crippen LogP contribution >= 0.6 is 11.6 Å². The van der Waals surface area contributed by atoms with Gasteiger partial charge in [0, 0.05) is 22.3 Å². The van der Waals surface area contributed by atoms with Crippen LogP contribution in [0, 0.1) is 6.92 Å². The number of benzene rings is 1. The summed E-state index contributed by atoms with van der Waals surface area (Å²) in [7, 11) is 0. The molecule has 7 heteroatoms. The lowest BCUT2D eigenvalue weighted by Crippen LogP contribution is -2.59. The predicted molar refractivity (Wildman–Crippen MR) is 92.8 cm³/mol. The molecule has 2 aromatic rings. The summed E-state index contributed by atoms with van der Waals surface area (Å²) in [6, 6.07) is 7.07. The first-order valence-corrected chi connectivity index (χ1v) is 8.22. The van der Waals surface area contributed by atoms with Crippen molar-refractivity contribution in [2.75, 3.05) is 0 Å². The average molecular weight is 361 g/mol. The van der Waals surface area contributed by atoms with Gasteiger partial charge in [0.1, 0.15) is 11.3 Å². The molecule has 3 N–H and O–H groups in total. The summed E-state index contributed by atoms with van der Waals surface area (Å²) >= 11 is 5.99. The van der Waals surface area contributed by atoms with Crippen LogP contribution in [0.15, 0.2) is 30.5 Å². The first-order valence-electron chi connectivity index (χ1n) is 7.84. The number of nitrogens with zero attached hydrogens (tertiary/aromatic N) is 1. The molecule has 1 fully saturated rings. The van der Waals surface area contributed by atoms with Crippen molar-refractivity contribution >= 4 is 23.5 Å². The molecule has 0 spiro atoms. The van der Waals surface area contributed by atoms with Gasteiger partial charge in [0.05, 0.1) is 0 Å². The first kappa shape index (κ1) is 17.2. The Morgan fingerprint density at radius 2 is 2.04 bits per heavy atom. The molecule has 0 atom stereocenters. The number of hydrogen-bond donors (Lipinski definition) is 3. The topological polar surface area (TPSA) is 99.5 Å². The fourth-order valence-corrected chi connectivity index (χ4v) is 3.09. The summed E-state index contributed by atoms with van der Waals surface area (Å²) in [6.07, 6.45) is 2.95. The fraction of sp³-hybridized carbons (Fsp3) is 0.278. The molecule has 0 saturated heterocycles. The molecule has 1 heterocycles. The number of rotatable bonds is 4. The van der Waals surface area contributed by atoms with E-state index in [2.05, 4.69) is 10.3 Å². The Morgan fingerprint density at radius 1 is 1.32 bits per heavy atom. The lowest BCUT2D eigenvalue weighted by atomic mass is 9.76. The highest BCUT2D eigenvalue weighted by Crippen LogP contribution is 2.35. The standard InChI is InChI=1S/C18H17ClN2O4/c1-10-13(11-4-2-5-12(19)8-11)9-20-14(15(10)22)16(23)21-18(17(24)25)6-3-7-18/h2,4-5,8-9,22H,3,6-7H2,1H3,(H,21,23)(H,24,25). The average Bonchev–Trinajstić information content (AvgIpc) is 2.52. The number of halogens is 1. The molecule has 0 unspecified atom stereocenters. The molecule has 1 aromatic carbocycles. The van der Waals surface area contributed by atoms with Crippen LogP contribution in [0.25, 0.3) is 11.1 Å². The van der Waals surface area contributed by atoms with Gasteiger partial charge >= 0.3 is 5.97 Å². The maximum absolute atomic E-state index is 12.4. The van der Waals surface area contributed by atoms with Crippen molar-refractivity contribution in [2.24, 2.45) is 0 Å². The van der Waals surface area contributed by atoms with Crippen LogP contribution < -0.4 is 5.32 Å². The van der Waals surface area contributed by atoms with E-state index < -0.39 is 17.4 Å². The number of amides is 1. The van der Waals surface area contributed by atoms with Gasteiger partial charge in [-0.2, -0.15) is 0 Å². The van der Waals surface area contributed by atoms with Gasteiger partial charge in [-0.05, 0) is 43.9 Å². The molecule has 3 rings (SSSR count). The second-order valence-corrected chi connectivity index (χ2v) is 6.64. The normalized spacial score (nSPS) is 15.3. The summed E-state index contributed by atoms with van der Waals surface area (Å²) < 4.78 is 0. The quantitative estimate of drug-likeness (QED) is 0.777. The molecule has 0 aliphatic heterocycles. The molecule has 1 aliphatic carbocycles. The number of aromatic hydroxyl groups is 1. The molecule has 1 saturated carbocycles. The van der Waals surface area contributed by atoms with Crippen LogP contribution in [0.4, 0.5) is 0 Å². The van der Waals surface area contributed by atoms with Gasteiger partial charge in [0.15, 0.2) is 5.69 Å². The Balaban J connectivity index is 1.92. The zero-order valence-electron chi connectivity index (χ0n) is 13.5. The van der Waals surface area contributed by atoms with Gasteiger partial charge in [-0.1, -0.05) is 23.7 Å². The molecule has 130 valence electrons. The third kappa shape index (κ3) is 3.05. The summed E-state index contributed by atoms with van der Waals surface area (Å²) in [5.41, 5.74) is 0.440. The number of aliphatic carboxylic acids is 1. The lowest BCUT2D eigenvalue weighted by Gasteiger charge is -2.38. The van der Waals surface area contributed by atoms with Crippen LogP contribution in [-0.2, 0) is 4.79 Å². The number of carboxylic acids is 1. The molecular weight excluding hydrogens is 344 g/mol. The van der Waals surface area contributed by atoms with Crippen molar-refractivity contribution < 1.29 is 19.8 Å². The predicted octanol–water partition coefficient (Wildman–Crippen LogP) is 3.15. The van der Waals surface area contributed by atoms with E-state index in [1.165, 1.54) is 6.20 Å². The second-order valence-electron chi connectivity index (χ2n) is 6.20. The smallest absolute Gasteiger partial charge is 0.329 e. The molecule has 6 nitrogen and oxygen atoms in total. The van der Waals surface area contributed by atoms with Crippen LogP contribution in [0.3, 0.4) is 0 Å². The Labute approximate surface area is 149 Å². The minimum absolute atomic E-state index is 0.184. The van der Waals surface area contributed by atoms with Crippen molar-refractivity contribution in [1.82, 2.24) is 10.3 Å². The fourth-order valence-electron chi connectivity index (χ4n) is 2.90. The molecule has 0 radical (unpaired) electrons. The summed E-state index contributed by atoms with van der Waals surface area (Å²) in [6.45, 7) is 1.67. The number of hydrogen-bond acceptors (Lipinski definition) is 4. The van der Waals surface area contributed by atoms with Crippen molar-refractivity contribution in [1.29, 1.82) is 0 Å². The number of nitrogens with one attached hydrogen (secondary N) is 1. The van der Waals surface area contributed by atoms with Crippen molar-refractivity contribution in [3.05, 3.63) is 46.7 Å². The minimum atomic E-state index is -1.26. The van der Waals surface area contributed by atoms with E-state index in [9.17, 15) is 19.8 Å². The Kier molecular flexibility index (Phi) is 4.39. The number of carbonyl (C=O) groups excluding carboxylic acids is 1.